The highest BCUT2D eigenvalue weighted by Gasteiger charge is 2.12. The smallest absolute Gasteiger partial charge is 0.266 e. The van der Waals surface area contributed by atoms with Crippen molar-refractivity contribution in [3.8, 4) is 0 Å². The molecule has 4 aromatic rings. The first-order valence-electron chi connectivity index (χ1n) is 8.34. The quantitative estimate of drug-likeness (QED) is 0.374. The van der Waals surface area contributed by atoms with E-state index in [4.69, 9.17) is 0 Å². The molecule has 0 aliphatic heterocycles. The molecule has 4 rings (SSSR count). The molecular weight excluding hydrogens is 399 g/mol. The molecule has 0 aliphatic carbocycles. The number of fused-ring (bicyclic) bond motifs is 1. The van der Waals surface area contributed by atoms with Gasteiger partial charge in [0.15, 0.2) is 0 Å². The first kappa shape index (κ1) is 18.6. The van der Waals surface area contributed by atoms with Gasteiger partial charge in [-0.15, -0.1) is 0 Å². The lowest BCUT2D eigenvalue weighted by molar-refractivity contribution is -0.384. The Morgan fingerprint density at radius 3 is 2.66 bits per heavy atom. The minimum atomic E-state index is -0.572. The van der Waals surface area contributed by atoms with Crippen LogP contribution in [0, 0.1) is 15.9 Å². The second kappa shape index (κ2) is 7.32. The van der Waals surface area contributed by atoms with Crippen molar-refractivity contribution in [2.24, 2.45) is 0 Å². The normalized spacial score (nSPS) is 11.8. The lowest BCUT2D eigenvalue weighted by Gasteiger charge is -2.00. The zero-order valence-electron chi connectivity index (χ0n) is 14.6. The molecule has 0 atom stereocenters. The molecule has 2 aromatic heterocycles. The lowest BCUT2D eigenvalue weighted by Crippen LogP contribution is -2.28. The number of halogens is 1. The van der Waals surface area contributed by atoms with Crippen LogP contribution in [-0.4, -0.2) is 19.5 Å². The van der Waals surface area contributed by atoms with E-state index in [0.717, 1.165) is 15.9 Å². The number of thiazole rings is 1. The maximum absolute atomic E-state index is 13.0. The highest BCUT2D eigenvalue weighted by Crippen LogP contribution is 2.13. The van der Waals surface area contributed by atoms with E-state index in [9.17, 15) is 24.1 Å². The Bertz CT molecular complexity index is 1410. The third-order valence-electron chi connectivity index (χ3n) is 4.11. The molecule has 8 nitrogen and oxygen atoms in total. The molecule has 0 spiro atoms. The minimum absolute atomic E-state index is 0.0610. The van der Waals surface area contributed by atoms with Crippen LogP contribution in [0.3, 0.4) is 0 Å². The minimum Gasteiger partial charge on any atom is -0.266 e. The van der Waals surface area contributed by atoms with Crippen LogP contribution in [0.25, 0.3) is 11.0 Å². The van der Waals surface area contributed by atoms with Gasteiger partial charge >= 0.3 is 0 Å². The van der Waals surface area contributed by atoms with Crippen LogP contribution >= 0.6 is 11.3 Å². The Balaban J connectivity index is 1.79. The molecular formula is C19H11FN4O4S. The predicted molar refractivity (Wildman–Crippen MR) is 104 cm³/mol. The zero-order valence-corrected chi connectivity index (χ0v) is 15.4. The van der Waals surface area contributed by atoms with E-state index in [-0.39, 0.29) is 27.3 Å². The second-order valence-corrected chi connectivity index (χ2v) is 7.14. The van der Waals surface area contributed by atoms with Crippen molar-refractivity contribution < 1.29 is 9.31 Å². The van der Waals surface area contributed by atoms with E-state index in [1.54, 1.807) is 6.07 Å². The van der Waals surface area contributed by atoms with Crippen LogP contribution in [0.1, 0.15) is 16.8 Å². The van der Waals surface area contributed by atoms with Crippen molar-refractivity contribution in [1.29, 1.82) is 0 Å². The van der Waals surface area contributed by atoms with Gasteiger partial charge in [0, 0.05) is 18.6 Å². The van der Waals surface area contributed by atoms with E-state index in [0.29, 0.717) is 11.1 Å². The van der Waals surface area contributed by atoms with Crippen molar-refractivity contribution in [3.05, 3.63) is 107 Å². The van der Waals surface area contributed by atoms with Gasteiger partial charge in [-0.05, 0) is 29.3 Å². The fourth-order valence-corrected chi connectivity index (χ4v) is 3.63. The van der Waals surface area contributed by atoms with Gasteiger partial charge in [0.25, 0.3) is 16.8 Å². The van der Waals surface area contributed by atoms with Crippen molar-refractivity contribution in [1.82, 2.24) is 14.6 Å². The standard InChI is InChI=1S/C19H11FN4O4S/c20-13-6-4-11(5-7-13)9-15-17(25)21-19-23(22-15)18(26)16(29-19)10-12-2-1-3-14(8-12)24(27)28/h1-8,10H,9H2/b16-10-. The van der Waals surface area contributed by atoms with E-state index >= 15 is 0 Å². The van der Waals surface area contributed by atoms with Crippen molar-refractivity contribution in [3.63, 3.8) is 0 Å². The van der Waals surface area contributed by atoms with Gasteiger partial charge < -0.3 is 0 Å². The highest BCUT2D eigenvalue weighted by molar-refractivity contribution is 7.15. The third-order valence-corrected chi connectivity index (χ3v) is 5.07. The third kappa shape index (κ3) is 3.78. The SMILES string of the molecule is O=c1nc2s/c(=C\c3cccc([N+](=O)[O-])c3)c(=O)n2nc1Cc1ccc(F)cc1. The van der Waals surface area contributed by atoms with Crippen LogP contribution in [0.2, 0.25) is 0 Å². The average Bonchev–Trinajstić information content (AvgIpc) is 2.99. The summed E-state index contributed by atoms with van der Waals surface area (Å²) in [6.45, 7) is 0. The van der Waals surface area contributed by atoms with Crippen LogP contribution in [0.5, 0.6) is 0 Å². The topological polar surface area (TPSA) is 107 Å². The molecule has 0 saturated carbocycles. The number of hydrogen-bond donors (Lipinski definition) is 0. The number of rotatable bonds is 4. The molecule has 0 amide bonds. The Morgan fingerprint density at radius 1 is 1.17 bits per heavy atom. The number of non-ortho nitro benzene ring substituents is 1. The van der Waals surface area contributed by atoms with Gasteiger partial charge in [-0.2, -0.15) is 14.6 Å². The second-order valence-electron chi connectivity index (χ2n) is 6.13. The summed E-state index contributed by atoms with van der Waals surface area (Å²) >= 11 is 0.966. The number of benzene rings is 2. The molecule has 10 heteroatoms. The van der Waals surface area contributed by atoms with E-state index in [1.807, 2.05) is 0 Å². The molecule has 0 fully saturated rings. The molecule has 0 radical (unpaired) electrons. The monoisotopic (exact) mass is 410 g/mol. The number of hydrogen-bond acceptors (Lipinski definition) is 7. The first-order chi connectivity index (χ1) is 13.9. The molecule has 2 aromatic carbocycles. The Morgan fingerprint density at radius 2 is 1.93 bits per heavy atom. The summed E-state index contributed by atoms with van der Waals surface area (Å²) in [7, 11) is 0. The number of nitro groups is 1. The number of aromatic nitrogens is 3. The average molecular weight is 410 g/mol. The first-order valence-corrected chi connectivity index (χ1v) is 9.16. The number of nitrogens with zero attached hydrogens (tertiary/aromatic N) is 4. The Labute approximate surface area is 165 Å². The van der Waals surface area contributed by atoms with Crippen LogP contribution in [0.15, 0.2) is 58.1 Å². The summed E-state index contributed by atoms with van der Waals surface area (Å²) in [5.74, 6) is -0.395. The summed E-state index contributed by atoms with van der Waals surface area (Å²) in [6, 6.07) is 11.4. The van der Waals surface area contributed by atoms with Crippen molar-refractivity contribution in [2.75, 3.05) is 0 Å². The molecule has 0 unspecified atom stereocenters. The van der Waals surface area contributed by atoms with Crippen LogP contribution in [-0.2, 0) is 6.42 Å². The van der Waals surface area contributed by atoms with E-state index < -0.39 is 21.9 Å². The van der Waals surface area contributed by atoms with E-state index in [2.05, 4.69) is 10.1 Å². The van der Waals surface area contributed by atoms with Gasteiger partial charge in [0.1, 0.15) is 11.5 Å². The van der Waals surface area contributed by atoms with E-state index in [1.165, 1.54) is 48.5 Å². The lowest BCUT2D eigenvalue weighted by atomic mass is 10.1. The van der Waals surface area contributed by atoms with Crippen LogP contribution < -0.4 is 15.7 Å². The van der Waals surface area contributed by atoms with Crippen molar-refractivity contribution >= 4 is 28.1 Å². The fourth-order valence-electron chi connectivity index (χ4n) is 2.73. The fraction of sp³-hybridized carbons (Fsp3) is 0.0526. The van der Waals surface area contributed by atoms with Crippen LogP contribution in [0.4, 0.5) is 10.1 Å². The Hall–Kier alpha value is -3.79. The van der Waals surface area contributed by atoms with Gasteiger partial charge in [-0.1, -0.05) is 35.6 Å². The summed E-state index contributed by atoms with van der Waals surface area (Å²) in [5.41, 5.74) is 0.0357. The molecule has 0 saturated heterocycles. The number of nitro benzene ring substituents is 1. The molecule has 0 N–H and O–H groups in total. The van der Waals surface area contributed by atoms with Crippen molar-refractivity contribution in [2.45, 2.75) is 6.42 Å². The molecule has 0 bridgehead atoms. The van der Waals surface area contributed by atoms with Gasteiger partial charge in [-0.25, -0.2) is 4.39 Å². The van der Waals surface area contributed by atoms with Gasteiger partial charge in [0.2, 0.25) is 4.96 Å². The predicted octanol–water partition coefficient (Wildman–Crippen LogP) is 1.70. The maximum Gasteiger partial charge on any atom is 0.296 e. The summed E-state index contributed by atoms with van der Waals surface area (Å²) in [6.07, 6.45) is 1.59. The highest BCUT2D eigenvalue weighted by atomic mass is 32.1. The Kier molecular flexibility index (Phi) is 4.69. The van der Waals surface area contributed by atoms with Gasteiger partial charge in [-0.3, -0.25) is 19.7 Å². The molecule has 0 aliphatic rings. The van der Waals surface area contributed by atoms with Gasteiger partial charge in [0.05, 0.1) is 9.46 Å². The molecule has 144 valence electrons. The maximum atomic E-state index is 13.0. The summed E-state index contributed by atoms with van der Waals surface area (Å²) in [4.78, 5) is 39.4. The molecule has 2 heterocycles. The summed E-state index contributed by atoms with van der Waals surface area (Å²) in [5, 5.41) is 15.0. The largest absolute Gasteiger partial charge is 0.296 e. The zero-order chi connectivity index (χ0) is 20.5. The molecule has 29 heavy (non-hydrogen) atoms. The summed E-state index contributed by atoms with van der Waals surface area (Å²) < 4.78 is 14.3.